The topological polar surface area (TPSA) is 106 Å². The Hall–Kier alpha value is -4.09. The van der Waals surface area contributed by atoms with Crippen LogP contribution < -0.4 is 11.5 Å². The molecule has 0 fully saturated rings. The maximum absolute atomic E-state index is 5.05. The van der Waals surface area contributed by atoms with Gasteiger partial charge < -0.3 is 11.5 Å². The molecule has 0 aliphatic rings. The highest BCUT2D eigenvalue weighted by Crippen LogP contribution is 2.06. The fraction of sp³-hybridized carbons (Fsp3) is 0.400. The average molecular weight is 447 g/mol. The van der Waals surface area contributed by atoms with Crippen LogP contribution in [-0.4, -0.2) is 29.3 Å². The Kier molecular flexibility index (Phi) is 11.5. The van der Waals surface area contributed by atoms with E-state index in [1.807, 2.05) is 45.5 Å². The molecule has 0 aromatic carbocycles. The third kappa shape index (κ3) is 9.29. The molecule has 3 aromatic rings. The fourth-order valence-corrected chi connectivity index (χ4v) is 2.49. The van der Waals surface area contributed by atoms with Crippen molar-refractivity contribution in [3.8, 4) is 35.8 Å². The monoisotopic (exact) mass is 446 g/mol. The van der Waals surface area contributed by atoms with Crippen molar-refractivity contribution in [3.05, 3.63) is 53.9 Å². The summed E-state index contributed by atoms with van der Waals surface area (Å²) in [6.45, 7) is 14.3. The zero-order chi connectivity index (χ0) is 24.8. The van der Waals surface area contributed by atoms with Crippen molar-refractivity contribution in [2.45, 2.75) is 66.6 Å². The number of hydrogen-bond donors (Lipinski definition) is 2. The summed E-state index contributed by atoms with van der Waals surface area (Å²) in [7, 11) is 0. The predicted octanol–water partition coefficient (Wildman–Crippen LogP) is 3.30. The van der Waals surface area contributed by atoms with Crippen LogP contribution in [0.25, 0.3) is 0 Å². The van der Waals surface area contributed by atoms with Gasteiger partial charge in [-0.1, -0.05) is 5.92 Å². The summed E-state index contributed by atoms with van der Waals surface area (Å²) in [5.74, 6) is 11.2. The first-order valence-electron chi connectivity index (χ1n) is 10.7. The van der Waals surface area contributed by atoms with E-state index < -0.39 is 0 Å². The highest BCUT2D eigenvalue weighted by Gasteiger charge is 2.01. The fourth-order valence-electron chi connectivity index (χ4n) is 2.49. The highest BCUT2D eigenvalue weighted by atomic mass is 15.3. The number of hydrogen-bond acceptors (Lipinski definition) is 5. The van der Waals surface area contributed by atoms with Gasteiger partial charge in [0, 0.05) is 42.6 Å². The molecule has 3 heterocycles. The minimum absolute atomic E-state index is 0.378. The van der Waals surface area contributed by atoms with E-state index in [2.05, 4.69) is 92.6 Å². The molecule has 0 atom stereocenters. The lowest BCUT2D eigenvalue weighted by atomic mass is 10.3. The molecule has 8 nitrogen and oxygen atoms in total. The van der Waals surface area contributed by atoms with Gasteiger partial charge in [-0.2, -0.15) is 15.3 Å². The largest absolute Gasteiger partial charge is 0.359 e. The van der Waals surface area contributed by atoms with Crippen molar-refractivity contribution in [2.24, 2.45) is 11.5 Å². The number of rotatable bonds is 3. The zero-order valence-corrected chi connectivity index (χ0v) is 20.5. The molecule has 174 valence electrons. The molecule has 3 rings (SSSR count). The van der Waals surface area contributed by atoms with Gasteiger partial charge in [0.15, 0.2) is 0 Å². The SMILES string of the molecule is CC#Cc1ccnn1C(C)C.CC(C)n1cc(C#CN)cn1.CC(C)n1ccc(C#CN)n1. The Labute approximate surface area is 197 Å². The van der Waals surface area contributed by atoms with Crippen molar-refractivity contribution in [1.29, 1.82) is 0 Å². The maximum atomic E-state index is 5.05. The molecule has 0 amide bonds. The van der Waals surface area contributed by atoms with Crippen LogP contribution in [0.5, 0.6) is 0 Å². The summed E-state index contributed by atoms with van der Waals surface area (Å²) in [5.41, 5.74) is 12.7. The van der Waals surface area contributed by atoms with Crippen LogP contribution in [0, 0.1) is 35.8 Å². The summed E-state index contributed by atoms with van der Waals surface area (Å²) in [5, 5.41) is 12.4. The van der Waals surface area contributed by atoms with E-state index in [9.17, 15) is 0 Å². The van der Waals surface area contributed by atoms with E-state index >= 15 is 0 Å². The quantitative estimate of drug-likeness (QED) is 0.474. The van der Waals surface area contributed by atoms with Crippen LogP contribution in [0.15, 0.2) is 36.9 Å². The average Bonchev–Trinajstić information content (AvgIpc) is 3.50. The third-order valence-corrected chi connectivity index (χ3v) is 4.10. The van der Waals surface area contributed by atoms with Crippen LogP contribution in [0.4, 0.5) is 0 Å². The van der Waals surface area contributed by atoms with Crippen LogP contribution in [-0.2, 0) is 0 Å². The van der Waals surface area contributed by atoms with Gasteiger partial charge in [0.1, 0.15) is 11.4 Å². The van der Waals surface area contributed by atoms with Gasteiger partial charge in [-0.25, -0.2) is 0 Å². The summed E-state index contributed by atoms with van der Waals surface area (Å²) in [4.78, 5) is 0. The van der Waals surface area contributed by atoms with Crippen molar-refractivity contribution < 1.29 is 0 Å². The van der Waals surface area contributed by atoms with E-state index in [0.717, 1.165) is 17.0 Å². The van der Waals surface area contributed by atoms with E-state index in [0.29, 0.717) is 18.1 Å². The van der Waals surface area contributed by atoms with Crippen LogP contribution in [0.2, 0.25) is 0 Å². The molecule has 33 heavy (non-hydrogen) atoms. The standard InChI is InChI=1S/C9H12N2.2C8H11N3/c1-4-5-9-6-7-10-11(9)8(2)3;1-7(2)11-6-4-8(10-11)3-5-9;1-7(2)11-6-8(3-4-9)5-10-11/h6-8H,1-3H3;4,6-7H,9H2,1-2H3;5-7H,9H2,1-2H3. The minimum atomic E-state index is 0.378. The van der Waals surface area contributed by atoms with Gasteiger partial charge >= 0.3 is 0 Å². The molecule has 0 aliphatic heterocycles. The predicted molar refractivity (Wildman–Crippen MR) is 133 cm³/mol. The zero-order valence-electron chi connectivity index (χ0n) is 20.5. The second kappa shape index (κ2) is 14.1. The van der Waals surface area contributed by atoms with Crippen molar-refractivity contribution >= 4 is 0 Å². The smallest absolute Gasteiger partial charge is 0.137 e. The van der Waals surface area contributed by atoms with E-state index in [4.69, 9.17) is 11.5 Å². The molecule has 0 saturated carbocycles. The van der Waals surface area contributed by atoms with Gasteiger partial charge in [-0.15, -0.1) is 0 Å². The molecular formula is C25H34N8. The first kappa shape index (κ1) is 26.9. The molecule has 0 unspecified atom stereocenters. The number of nitrogens with zero attached hydrogens (tertiary/aromatic N) is 6. The Morgan fingerprint density at radius 1 is 0.818 bits per heavy atom. The van der Waals surface area contributed by atoms with E-state index in [1.165, 1.54) is 0 Å². The molecule has 3 aromatic heterocycles. The van der Waals surface area contributed by atoms with Gasteiger partial charge in [0.25, 0.3) is 0 Å². The van der Waals surface area contributed by atoms with Crippen molar-refractivity contribution in [2.75, 3.05) is 0 Å². The van der Waals surface area contributed by atoms with E-state index in [1.54, 1.807) is 12.4 Å². The summed E-state index contributed by atoms with van der Waals surface area (Å²) in [6.07, 6.45) is 7.26. The van der Waals surface area contributed by atoms with Gasteiger partial charge in [-0.05, 0) is 78.4 Å². The van der Waals surface area contributed by atoms with Crippen molar-refractivity contribution in [1.82, 2.24) is 29.3 Å². The first-order valence-corrected chi connectivity index (χ1v) is 10.7. The Bertz CT molecular complexity index is 1100. The Morgan fingerprint density at radius 2 is 1.48 bits per heavy atom. The van der Waals surface area contributed by atoms with Crippen LogP contribution in [0.1, 0.15) is 83.5 Å². The molecule has 0 spiro atoms. The second-order valence-corrected chi connectivity index (χ2v) is 7.75. The van der Waals surface area contributed by atoms with E-state index in [-0.39, 0.29) is 0 Å². The summed E-state index contributed by atoms with van der Waals surface area (Å²) < 4.78 is 5.61. The van der Waals surface area contributed by atoms with Crippen LogP contribution >= 0.6 is 0 Å². The third-order valence-electron chi connectivity index (χ3n) is 4.10. The maximum Gasteiger partial charge on any atom is 0.137 e. The minimum Gasteiger partial charge on any atom is -0.359 e. The van der Waals surface area contributed by atoms with Gasteiger partial charge in [0.2, 0.25) is 0 Å². The molecule has 0 radical (unpaired) electrons. The normalized spacial score (nSPS) is 9.39. The number of aromatic nitrogens is 6. The first-order chi connectivity index (χ1) is 15.7. The lowest BCUT2D eigenvalue weighted by Crippen LogP contribution is -2.04. The summed E-state index contributed by atoms with van der Waals surface area (Å²) in [6, 6.07) is 9.56. The second-order valence-electron chi connectivity index (χ2n) is 7.75. The number of nitrogens with two attached hydrogens (primary N) is 2. The molecule has 0 aliphatic carbocycles. The summed E-state index contributed by atoms with van der Waals surface area (Å²) >= 11 is 0. The molecule has 0 bridgehead atoms. The molecule has 4 N–H and O–H groups in total. The molecule has 8 heteroatoms. The molecular weight excluding hydrogens is 412 g/mol. The lowest BCUT2D eigenvalue weighted by Gasteiger charge is -2.05. The van der Waals surface area contributed by atoms with Gasteiger partial charge in [-0.3, -0.25) is 14.0 Å². The van der Waals surface area contributed by atoms with Crippen molar-refractivity contribution in [3.63, 3.8) is 0 Å². The Morgan fingerprint density at radius 3 is 1.97 bits per heavy atom. The highest BCUT2D eigenvalue weighted by molar-refractivity contribution is 5.28. The van der Waals surface area contributed by atoms with Crippen LogP contribution in [0.3, 0.4) is 0 Å². The lowest BCUT2D eigenvalue weighted by molar-refractivity contribution is 0.527. The Balaban J connectivity index is 0.000000247. The van der Waals surface area contributed by atoms with Gasteiger partial charge in [0.05, 0.1) is 18.0 Å². The molecule has 0 saturated heterocycles.